The highest BCUT2D eigenvalue weighted by Crippen LogP contribution is 2.15. The molecule has 2 rings (SSSR count). The summed E-state index contributed by atoms with van der Waals surface area (Å²) in [7, 11) is 1.36. The number of anilines is 1. The normalized spacial score (nSPS) is 10.1. The SMILES string of the molecule is COC(=O)CNc1cnc2ccccc2c1. The van der Waals surface area contributed by atoms with Gasteiger partial charge in [0.05, 0.1) is 24.5 Å². The highest BCUT2D eigenvalue weighted by molar-refractivity contribution is 5.82. The lowest BCUT2D eigenvalue weighted by atomic mass is 10.2. The molecule has 0 bridgehead atoms. The maximum Gasteiger partial charge on any atom is 0.325 e. The molecule has 0 amide bonds. The second-order valence-electron chi connectivity index (χ2n) is 3.35. The number of rotatable bonds is 3. The van der Waals surface area contributed by atoms with Crippen molar-refractivity contribution in [2.24, 2.45) is 0 Å². The van der Waals surface area contributed by atoms with Gasteiger partial charge >= 0.3 is 5.97 Å². The maximum atomic E-state index is 10.9. The zero-order valence-electron chi connectivity index (χ0n) is 8.93. The summed E-state index contributed by atoms with van der Waals surface area (Å²) in [6, 6.07) is 9.77. The van der Waals surface area contributed by atoms with Crippen molar-refractivity contribution < 1.29 is 9.53 Å². The van der Waals surface area contributed by atoms with Crippen LogP contribution >= 0.6 is 0 Å². The van der Waals surface area contributed by atoms with Crippen molar-refractivity contribution in [2.45, 2.75) is 0 Å². The molecule has 1 aromatic heterocycles. The molecule has 0 aliphatic carbocycles. The van der Waals surface area contributed by atoms with Crippen LogP contribution in [0.4, 0.5) is 5.69 Å². The summed E-state index contributed by atoms with van der Waals surface area (Å²) in [5, 5.41) is 3.99. The second-order valence-corrected chi connectivity index (χ2v) is 3.35. The Morgan fingerprint density at radius 1 is 1.44 bits per heavy atom. The number of pyridine rings is 1. The number of methoxy groups -OCH3 is 1. The molecule has 4 nitrogen and oxygen atoms in total. The minimum Gasteiger partial charge on any atom is -0.468 e. The molecule has 0 aliphatic rings. The Labute approximate surface area is 93.3 Å². The van der Waals surface area contributed by atoms with Gasteiger partial charge in [0.15, 0.2) is 0 Å². The first-order chi connectivity index (χ1) is 7.79. The number of fused-ring (bicyclic) bond motifs is 1. The van der Waals surface area contributed by atoms with Gasteiger partial charge in [-0.1, -0.05) is 18.2 Å². The highest BCUT2D eigenvalue weighted by Gasteiger charge is 2.00. The summed E-state index contributed by atoms with van der Waals surface area (Å²) in [6.07, 6.45) is 1.70. The molecule has 0 atom stereocenters. The number of aromatic nitrogens is 1. The van der Waals surface area contributed by atoms with E-state index in [9.17, 15) is 4.79 Å². The summed E-state index contributed by atoms with van der Waals surface area (Å²) in [5.74, 6) is -0.298. The van der Waals surface area contributed by atoms with Crippen molar-refractivity contribution in [2.75, 3.05) is 19.0 Å². The number of hydrogen-bond donors (Lipinski definition) is 1. The van der Waals surface area contributed by atoms with Crippen LogP contribution in [0, 0.1) is 0 Å². The third kappa shape index (κ3) is 2.28. The number of carbonyl (C=O) groups excluding carboxylic acids is 1. The van der Waals surface area contributed by atoms with E-state index in [1.54, 1.807) is 6.20 Å². The second kappa shape index (κ2) is 4.61. The molecular weight excluding hydrogens is 204 g/mol. The first-order valence-electron chi connectivity index (χ1n) is 4.95. The Kier molecular flexibility index (Phi) is 3.00. The van der Waals surface area contributed by atoms with Crippen molar-refractivity contribution in [3.05, 3.63) is 36.5 Å². The number of nitrogens with one attached hydrogen (secondary N) is 1. The van der Waals surface area contributed by atoms with Crippen molar-refractivity contribution >= 4 is 22.6 Å². The number of hydrogen-bond acceptors (Lipinski definition) is 4. The lowest BCUT2D eigenvalue weighted by Crippen LogP contribution is -2.14. The molecule has 4 heteroatoms. The van der Waals surface area contributed by atoms with Gasteiger partial charge in [0.25, 0.3) is 0 Å². The van der Waals surface area contributed by atoms with E-state index >= 15 is 0 Å². The number of ether oxygens (including phenoxy) is 1. The van der Waals surface area contributed by atoms with Crippen LogP contribution in [0.5, 0.6) is 0 Å². The van der Waals surface area contributed by atoms with Gasteiger partial charge in [-0.05, 0) is 12.1 Å². The fraction of sp³-hybridized carbons (Fsp3) is 0.167. The third-order valence-electron chi connectivity index (χ3n) is 2.26. The monoisotopic (exact) mass is 216 g/mol. The van der Waals surface area contributed by atoms with Crippen molar-refractivity contribution in [3.8, 4) is 0 Å². The molecule has 0 spiro atoms. The minimum atomic E-state index is -0.298. The zero-order chi connectivity index (χ0) is 11.4. The molecule has 2 aromatic rings. The Hall–Kier alpha value is -2.10. The average molecular weight is 216 g/mol. The Morgan fingerprint density at radius 2 is 2.25 bits per heavy atom. The molecule has 0 unspecified atom stereocenters. The lowest BCUT2D eigenvalue weighted by molar-refractivity contribution is -0.138. The van der Waals surface area contributed by atoms with Gasteiger partial charge in [0.1, 0.15) is 6.54 Å². The van der Waals surface area contributed by atoms with Gasteiger partial charge < -0.3 is 10.1 Å². The van der Waals surface area contributed by atoms with Crippen LogP contribution in [0.1, 0.15) is 0 Å². The van der Waals surface area contributed by atoms with Gasteiger partial charge in [0.2, 0.25) is 0 Å². The molecule has 1 heterocycles. The zero-order valence-corrected chi connectivity index (χ0v) is 8.93. The molecule has 82 valence electrons. The average Bonchev–Trinajstić information content (AvgIpc) is 2.35. The van der Waals surface area contributed by atoms with Gasteiger partial charge in [-0.25, -0.2) is 0 Å². The summed E-state index contributed by atoms with van der Waals surface area (Å²) >= 11 is 0. The van der Waals surface area contributed by atoms with Gasteiger partial charge in [-0.3, -0.25) is 9.78 Å². The molecule has 16 heavy (non-hydrogen) atoms. The fourth-order valence-electron chi connectivity index (χ4n) is 1.41. The van der Waals surface area contributed by atoms with E-state index in [0.717, 1.165) is 16.6 Å². The summed E-state index contributed by atoms with van der Waals surface area (Å²) in [4.78, 5) is 15.2. The fourth-order valence-corrected chi connectivity index (χ4v) is 1.41. The molecule has 1 N–H and O–H groups in total. The number of benzene rings is 1. The van der Waals surface area contributed by atoms with Gasteiger partial charge in [-0.15, -0.1) is 0 Å². The predicted molar refractivity (Wildman–Crippen MR) is 62.2 cm³/mol. The molecule has 0 saturated carbocycles. The molecule has 0 saturated heterocycles. The van der Waals surface area contributed by atoms with E-state index in [4.69, 9.17) is 0 Å². The topological polar surface area (TPSA) is 51.2 Å². The number of para-hydroxylation sites is 1. The van der Waals surface area contributed by atoms with E-state index in [0.29, 0.717) is 0 Å². The smallest absolute Gasteiger partial charge is 0.325 e. The molecule has 0 radical (unpaired) electrons. The van der Waals surface area contributed by atoms with Crippen LogP contribution in [0.2, 0.25) is 0 Å². The predicted octanol–water partition coefficient (Wildman–Crippen LogP) is 1.82. The number of esters is 1. The Balaban J connectivity index is 2.16. The van der Waals surface area contributed by atoms with Crippen LogP contribution in [0.25, 0.3) is 10.9 Å². The Bertz CT molecular complexity index is 511. The van der Waals surface area contributed by atoms with E-state index in [-0.39, 0.29) is 12.5 Å². The van der Waals surface area contributed by atoms with Crippen molar-refractivity contribution in [1.29, 1.82) is 0 Å². The quantitative estimate of drug-likeness (QED) is 0.795. The molecular formula is C12H12N2O2. The lowest BCUT2D eigenvalue weighted by Gasteiger charge is -2.05. The Morgan fingerprint density at radius 3 is 3.06 bits per heavy atom. The third-order valence-corrected chi connectivity index (χ3v) is 2.26. The molecule has 0 fully saturated rings. The molecule has 1 aromatic carbocycles. The first kappa shape index (κ1) is 10.4. The standard InChI is InChI=1S/C12H12N2O2/c1-16-12(15)8-13-10-6-9-4-2-3-5-11(9)14-7-10/h2-7,13H,8H2,1H3. The molecule has 0 aliphatic heterocycles. The van der Waals surface area contributed by atoms with E-state index < -0.39 is 0 Å². The van der Waals surface area contributed by atoms with E-state index in [2.05, 4.69) is 15.0 Å². The summed E-state index contributed by atoms with van der Waals surface area (Å²) in [6.45, 7) is 0.149. The van der Waals surface area contributed by atoms with E-state index in [1.165, 1.54) is 7.11 Å². The van der Waals surface area contributed by atoms with Crippen LogP contribution in [0.15, 0.2) is 36.5 Å². The van der Waals surface area contributed by atoms with Crippen LogP contribution < -0.4 is 5.32 Å². The van der Waals surface area contributed by atoms with E-state index in [1.807, 2.05) is 30.3 Å². The summed E-state index contributed by atoms with van der Waals surface area (Å²) in [5.41, 5.74) is 1.75. The van der Waals surface area contributed by atoms with Crippen molar-refractivity contribution in [1.82, 2.24) is 4.98 Å². The number of nitrogens with zero attached hydrogens (tertiary/aromatic N) is 1. The number of carbonyl (C=O) groups is 1. The van der Waals surface area contributed by atoms with Gasteiger partial charge in [0, 0.05) is 5.39 Å². The van der Waals surface area contributed by atoms with Crippen LogP contribution in [-0.2, 0) is 9.53 Å². The van der Waals surface area contributed by atoms with Crippen LogP contribution in [0.3, 0.4) is 0 Å². The maximum absolute atomic E-state index is 10.9. The van der Waals surface area contributed by atoms with Crippen molar-refractivity contribution in [3.63, 3.8) is 0 Å². The minimum absolute atomic E-state index is 0.149. The first-order valence-corrected chi connectivity index (χ1v) is 4.95. The van der Waals surface area contributed by atoms with Gasteiger partial charge in [-0.2, -0.15) is 0 Å². The highest BCUT2D eigenvalue weighted by atomic mass is 16.5. The largest absolute Gasteiger partial charge is 0.468 e. The van der Waals surface area contributed by atoms with Crippen LogP contribution in [-0.4, -0.2) is 24.6 Å². The summed E-state index contributed by atoms with van der Waals surface area (Å²) < 4.78 is 4.54.